The highest BCUT2D eigenvalue weighted by Gasteiger charge is 2.50. The number of fused-ring (bicyclic) bond motifs is 5. The molecule has 6 atom stereocenters. The van der Waals surface area contributed by atoms with Crippen LogP contribution in [0.15, 0.2) is 29.1 Å². The minimum absolute atomic E-state index is 0.0458. The Balaban J connectivity index is 1.23. The fourth-order valence-electron chi connectivity index (χ4n) is 9.76. The van der Waals surface area contributed by atoms with Crippen LogP contribution >= 0.6 is 0 Å². The van der Waals surface area contributed by atoms with Crippen molar-refractivity contribution in [2.45, 2.75) is 96.3 Å². The first kappa shape index (κ1) is 25.6. The third-order valence-corrected chi connectivity index (χ3v) is 11.3. The summed E-state index contributed by atoms with van der Waals surface area (Å²) >= 11 is 0. The van der Waals surface area contributed by atoms with E-state index in [0.717, 1.165) is 41.6 Å². The molecule has 0 amide bonds. The summed E-state index contributed by atoms with van der Waals surface area (Å²) < 4.78 is 2.06. The molecule has 0 radical (unpaired) electrons. The SMILES string of the molecule is CC1CC2CC(C1)CC(N1C3CC(n4c(=O)c(N5CC(C(=O)O)C5)nc5ccccc54)CC1C(C)CC3C)C2. The largest absolute Gasteiger partial charge is 0.481 e. The molecule has 210 valence electrons. The number of para-hydroxylation sites is 2. The molecular weight excluding hydrogens is 488 g/mol. The first-order valence-corrected chi connectivity index (χ1v) is 15.5. The number of anilines is 1. The summed E-state index contributed by atoms with van der Waals surface area (Å²) in [7, 11) is 0. The minimum atomic E-state index is -0.795. The Hall–Kier alpha value is -2.41. The Bertz CT molecular complexity index is 1280. The molecule has 6 unspecified atom stereocenters. The number of carbonyl (C=O) groups is 1. The first-order chi connectivity index (χ1) is 18.8. The molecule has 1 N–H and O–H groups in total. The van der Waals surface area contributed by atoms with Crippen molar-refractivity contribution >= 4 is 22.8 Å². The van der Waals surface area contributed by atoms with Crippen molar-refractivity contribution in [3.8, 4) is 0 Å². The molecule has 4 bridgehead atoms. The van der Waals surface area contributed by atoms with Crippen molar-refractivity contribution in [3.05, 3.63) is 34.6 Å². The molecule has 2 saturated carbocycles. The van der Waals surface area contributed by atoms with E-state index in [-0.39, 0.29) is 11.6 Å². The van der Waals surface area contributed by atoms with Gasteiger partial charge in [-0.1, -0.05) is 32.9 Å². The molecule has 2 aliphatic carbocycles. The average Bonchev–Trinajstić information content (AvgIpc) is 2.85. The maximum absolute atomic E-state index is 14.1. The zero-order valence-electron chi connectivity index (χ0n) is 23.7. The zero-order valence-corrected chi connectivity index (χ0v) is 23.7. The second kappa shape index (κ2) is 9.60. The van der Waals surface area contributed by atoms with Gasteiger partial charge >= 0.3 is 5.97 Å². The van der Waals surface area contributed by atoms with E-state index in [1.54, 1.807) is 0 Å². The predicted octanol–water partition coefficient (Wildman–Crippen LogP) is 5.18. The van der Waals surface area contributed by atoms with E-state index in [2.05, 4.69) is 30.2 Å². The smallest absolute Gasteiger partial charge is 0.310 e. The third-order valence-electron chi connectivity index (χ3n) is 11.3. The molecule has 0 spiro atoms. The molecule has 7 nitrogen and oxygen atoms in total. The summed E-state index contributed by atoms with van der Waals surface area (Å²) in [6, 6.07) is 9.87. The highest BCUT2D eigenvalue weighted by molar-refractivity contribution is 5.78. The van der Waals surface area contributed by atoms with E-state index >= 15 is 0 Å². The van der Waals surface area contributed by atoms with Crippen LogP contribution < -0.4 is 10.5 Å². The van der Waals surface area contributed by atoms with Crippen LogP contribution in [-0.2, 0) is 4.79 Å². The van der Waals surface area contributed by atoms with Crippen LogP contribution in [-0.4, -0.2) is 56.7 Å². The molecule has 5 aliphatic rings. The standard InChI is InChI=1S/C32H44N4O3/c1-18-8-21-11-22(9-18)13-24(12-21)35-28-14-25(15-29(35)20(3)10-19(28)2)36-27-7-5-4-6-26(27)33-30(31(36)37)34-16-23(17-34)32(38)39/h4-7,18-25,28-29H,8-17H2,1-3H3,(H,38,39). The van der Waals surface area contributed by atoms with Crippen LogP contribution in [0.3, 0.4) is 0 Å². The molecule has 1 aromatic heterocycles. The first-order valence-electron chi connectivity index (χ1n) is 15.5. The van der Waals surface area contributed by atoms with Crippen LogP contribution in [0.5, 0.6) is 0 Å². The number of hydrogen-bond donors (Lipinski definition) is 1. The van der Waals surface area contributed by atoms with Crippen molar-refractivity contribution < 1.29 is 9.90 Å². The van der Waals surface area contributed by atoms with Gasteiger partial charge in [0, 0.05) is 37.3 Å². The van der Waals surface area contributed by atoms with Gasteiger partial charge in [0.2, 0.25) is 0 Å². The van der Waals surface area contributed by atoms with Crippen molar-refractivity contribution in [1.82, 2.24) is 14.5 Å². The van der Waals surface area contributed by atoms with Gasteiger partial charge in [-0.05, 0) is 93.1 Å². The number of hydrogen-bond acceptors (Lipinski definition) is 5. The van der Waals surface area contributed by atoms with Crippen LogP contribution in [0.2, 0.25) is 0 Å². The molecule has 3 aliphatic heterocycles. The summed E-state index contributed by atoms with van der Waals surface area (Å²) in [6.45, 7) is 8.07. The number of piperidine rings is 2. The van der Waals surface area contributed by atoms with Crippen LogP contribution in [0.4, 0.5) is 5.82 Å². The molecular formula is C32H44N4O3. The summed E-state index contributed by atoms with van der Waals surface area (Å²) in [5.74, 6) is 3.11. The third kappa shape index (κ3) is 4.30. The number of carboxylic acids is 1. The highest BCUT2D eigenvalue weighted by Crippen LogP contribution is 2.51. The quantitative estimate of drug-likeness (QED) is 0.585. The number of aliphatic carboxylic acids is 1. The van der Waals surface area contributed by atoms with E-state index < -0.39 is 11.9 Å². The topological polar surface area (TPSA) is 78.7 Å². The van der Waals surface area contributed by atoms with Gasteiger partial charge in [-0.3, -0.25) is 14.5 Å². The maximum Gasteiger partial charge on any atom is 0.310 e. The number of rotatable bonds is 4. The fraction of sp³-hybridized carbons (Fsp3) is 0.719. The molecule has 5 fully saturated rings. The van der Waals surface area contributed by atoms with Gasteiger partial charge in [0.15, 0.2) is 5.82 Å². The van der Waals surface area contributed by atoms with Crippen molar-refractivity contribution in [3.63, 3.8) is 0 Å². The normalized spacial score (nSPS) is 38.9. The fourth-order valence-corrected chi connectivity index (χ4v) is 9.76. The molecule has 1 aromatic carbocycles. The Morgan fingerprint density at radius 3 is 2.13 bits per heavy atom. The van der Waals surface area contributed by atoms with Crippen molar-refractivity contribution in [1.29, 1.82) is 0 Å². The van der Waals surface area contributed by atoms with Crippen LogP contribution in [0.25, 0.3) is 11.0 Å². The van der Waals surface area contributed by atoms with E-state index in [4.69, 9.17) is 4.98 Å². The lowest BCUT2D eigenvalue weighted by molar-refractivity contribution is -0.142. The number of nitrogens with zero attached hydrogens (tertiary/aromatic N) is 4. The van der Waals surface area contributed by atoms with Gasteiger partial charge in [-0.25, -0.2) is 4.98 Å². The molecule has 4 heterocycles. The van der Waals surface area contributed by atoms with Crippen LogP contribution in [0, 0.1) is 35.5 Å². The van der Waals surface area contributed by atoms with Crippen molar-refractivity contribution in [2.75, 3.05) is 18.0 Å². The van der Waals surface area contributed by atoms with Gasteiger partial charge in [0.1, 0.15) is 0 Å². The molecule has 7 heteroatoms. The molecule has 2 aromatic rings. The van der Waals surface area contributed by atoms with Gasteiger partial charge in [0.25, 0.3) is 5.56 Å². The summed E-state index contributed by atoms with van der Waals surface area (Å²) in [4.78, 5) is 35.2. The van der Waals surface area contributed by atoms with Gasteiger partial charge < -0.3 is 14.6 Å². The minimum Gasteiger partial charge on any atom is -0.481 e. The van der Waals surface area contributed by atoms with E-state index in [1.807, 2.05) is 29.2 Å². The Morgan fingerprint density at radius 1 is 0.846 bits per heavy atom. The molecule has 39 heavy (non-hydrogen) atoms. The van der Waals surface area contributed by atoms with Crippen LogP contribution in [0.1, 0.15) is 78.2 Å². The average molecular weight is 533 g/mol. The van der Waals surface area contributed by atoms with E-state index in [9.17, 15) is 14.7 Å². The molecule has 3 saturated heterocycles. The predicted molar refractivity (Wildman–Crippen MR) is 153 cm³/mol. The maximum atomic E-state index is 14.1. The number of aromatic nitrogens is 2. The highest BCUT2D eigenvalue weighted by atomic mass is 16.4. The second-order valence-corrected chi connectivity index (χ2v) is 14.1. The number of benzene rings is 1. The Kier molecular flexibility index (Phi) is 6.29. The monoisotopic (exact) mass is 532 g/mol. The Morgan fingerprint density at radius 2 is 1.49 bits per heavy atom. The van der Waals surface area contributed by atoms with E-state index in [0.29, 0.717) is 48.9 Å². The van der Waals surface area contributed by atoms with Crippen molar-refractivity contribution in [2.24, 2.45) is 35.5 Å². The summed E-state index contributed by atoms with van der Waals surface area (Å²) in [6.07, 6.45) is 10.3. The zero-order chi connectivity index (χ0) is 27.0. The lowest BCUT2D eigenvalue weighted by atomic mass is 9.64. The Labute approximate surface area is 231 Å². The van der Waals surface area contributed by atoms with Gasteiger partial charge in [-0.2, -0.15) is 0 Å². The molecule has 7 rings (SSSR count). The summed E-state index contributed by atoms with van der Waals surface area (Å²) in [5.41, 5.74) is 1.70. The number of carboxylic acid groups (broad SMARTS) is 1. The second-order valence-electron chi connectivity index (χ2n) is 14.1. The lowest BCUT2D eigenvalue weighted by Gasteiger charge is -2.59. The van der Waals surface area contributed by atoms with E-state index in [1.165, 1.54) is 38.5 Å². The van der Waals surface area contributed by atoms with Gasteiger partial charge in [0.05, 0.1) is 17.0 Å². The van der Waals surface area contributed by atoms with Gasteiger partial charge in [-0.15, -0.1) is 0 Å². The summed E-state index contributed by atoms with van der Waals surface area (Å²) in [5, 5.41) is 9.40. The lowest BCUT2D eigenvalue weighted by Crippen LogP contribution is -2.63.